The molecule has 88 valence electrons. The van der Waals surface area contributed by atoms with E-state index in [4.69, 9.17) is 5.73 Å². The fourth-order valence-corrected chi connectivity index (χ4v) is 2.34. The Morgan fingerprint density at radius 1 is 1.31 bits per heavy atom. The van der Waals surface area contributed by atoms with Crippen LogP contribution in [0.4, 0.5) is 5.82 Å². The van der Waals surface area contributed by atoms with Crippen molar-refractivity contribution >= 4 is 5.82 Å². The number of hydrogen-bond acceptors (Lipinski definition) is 4. The summed E-state index contributed by atoms with van der Waals surface area (Å²) in [5.41, 5.74) is 6.34. The lowest BCUT2D eigenvalue weighted by Crippen LogP contribution is -2.25. The van der Waals surface area contributed by atoms with Crippen molar-refractivity contribution < 1.29 is 0 Å². The Morgan fingerprint density at radius 2 is 2.06 bits per heavy atom. The van der Waals surface area contributed by atoms with Crippen LogP contribution in [0.5, 0.6) is 0 Å². The number of hydrogen-bond donors (Lipinski definition) is 1. The second-order valence-electron chi connectivity index (χ2n) is 4.62. The molecule has 16 heavy (non-hydrogen) atoms. The van der Waals surface area contributed by atoms with Gasteiger partial charge in [-0.15, -0.1) is 5.10 Å². The molecule has 1 aromatic heterocycles. The molecule has 0 unspecified atom stereocenters. The standard InChI is InChI=1S/C12H20N4/c1-16(9-10-4-2-3-5-10)12-7-6-11(8-13)14-15-12/h6-7,10H,2-5,8-9,13H2,1H3. The molecule has 1 aliphatic rings. The maximum atomic E-state index is 5.49. The van der Waals surface area contributed by atoms with Gasteiger partial charge in [0.15, 0.2) is 5.82 Å². The minimum absolute atomic E-state index is 0.458. The molecule has 1 aliphatic carbocycles. The number of aromatic nitrogens is 2. The van der Waals surface area contributed by atoms with Crippen molar-refractivity contribution in [2.75, 3.05) is 18.5 Å². The normalized spacial score (nSPS) is 16.6. The van der Waals surface area contributed by atoms with Crippen molar-refractivity contribution in [2.45, 2.75) is 32.2 Å². The van der Waals surface area contributed by atoms with E-state index in [0.29, 0.717) is 6.54 Å². The van der Waals surface area contributed by atoms with E-state index < -0.39 is 0 Å². The van der Waals surface area contributed by atoms with Crippen LogP contribution in [-0.2, 0) is 6.54 Å². The second-order valence-corrected chi connectivity index (χ2v) is 4.62. The fourth-order valence-electron chi connectivity index (χ4n) is 2.34. The molecule has 0 spiro atoms. The van der Waals surface area contributed by atoms with Crippen LogP contribution >= 0.6 is 0 Å². The number of rotatable bonds is 4. The lowest BCUT2D eigenvalue weighted by Gasteiger charge is -2.21. The highest BCUT2D eigenvalue weighted by molar-refractivity contribution is 5.36. The van der Waals surface area contributed by atoms with E-state index in [1.54, 1.807) is 0 Å². The Hall–Kier alpha value is -1.16. The van der Waals surface area contributed by atoms with Crippen LogP contribution in [0.2, 0.25) is 0 Å². The Balaban J connectivity index is 1.94. The average Bonchev–Trinajstić information content (AvgIpc) is 2.82. The average molecular weight is 220 g/mol. The highest BCUT2D eigenvalue weighted by Crippen LogP contribution is 2.26. The first-order valence-electron chi connectivity index (χ1n) is 6.03. The Kier molecular flexibility index (Phi) is 3.72. The van der Waals surface area contributed by atoms with Crippen molar-refractivity contribution in [3.63, 3.8) is 0 Å². The highest BCUT2D eigenvalue weighted by Gasteiger charge is 2.17. The third-order valence-corrected chi connectivity index (χ3v) is 3.31. The molecule has 0 aliphatic heterocycles. The van der Waals surface area contributed by atoms with Gasteiger partial charge in [0.1, 0.15) is 0 Å². The predicted molar refractivity (Wildman–Crippen MR) is 65.2 cm³/mol. The minimum atomic E-state index is 0.458. The molecule has 1 saturated carbocycles. The van der Waals surface area contributed by atoms with Crippen molar-refractivity contribution in [1.82, 2.24) is 10.2 Å². The second kappa shape index (κ2) is 5.25. The molecule has 2 rings (SSSR count). The van der Waals surface area contributed by atoms with Crippen LogP contribution in [0.25, 0.3) is 0 Å². The first-order chi connectivity index (χ1) is 7.79. The van der Waals surface area contributed by atoms with E-state index in [9.17, 15) is 0 Å². The van der Waals surface area contributed by atoms with E-state index in [-0.39, 0.29) is 0 Å². The van der Waals surface area contributed by atoms with Crippen molar-refractivity contribution in [3.8, 4) is 0 Å². The summed E-state index contributed by atoms with van der Waals surface area (Å²) in [6.07, 6.45) is 5.49. The first kappa shape index (κ1) is 11.3. The SMILES string of the molecule is CN(CC1CCCC1)c1ccc(CN)nn1. The van der Waals surface area contributed by atoms with E-state index in [0.717, 1.165) is 24.0 Å². The molecule has 4 nitrogen and oxygen atoms in total. The van der Waals surface area contributed by atoms with Gasteiger partial charge < -0.3 is 10.6 Å². The number of nitrogens with two attached hydrogens (primary N) is 1. The maximum Gasteiger partial charge on any atom is 0.150 e. The molecular weight excluding hydrogens is 200 g/mol. The third kappa shape index (κ3) is 2.70. The zero-order valence-corrected chi connectivity index (χ0v) is 9.89. The summed E-state index contributed by atoms with van der Waals surface area (Å²) in [4.78, 5) is 2.20. The van der Waals surface area contributed by atoms with E-state index in [1.807, 2.05) is 12.1 Å². The van der Waals surface area contributed by atoms with Gasteiger partial charge in [-0.25, -0.2) is 0 Å². The van der Waals surface area contributed by atoms with Crippen molar-refractivity contribution in [3.05, 3.63) is 17.8 Å². The molecule has 2 N–H and O–H groups in total. The Bertz CT molecular complexity index is 316. The lowest BCUT2D eigenvalue weighted by atomic mass is 10.1. The smallest absolute Gasteiger partial charge is 0.150 e. The molecular formula is C12H20N4. The van der Waals surface area contributed by atoms with Gasteiger partial charge in [-0.2, -0.15) is 5.10 Å². The highest BCUT2D eigenvalue weighted by atomic mass is 15.2. The zero-order valence-electron chi connectivity index (χ0n) is 9.89. The topological polar surface area (TPSA) is 55.0 Å². The van der Waals surface area contributed by atoms with Crippen LogP contribution in [0.1, 0.15) is 31.4 Å². The van der Waals surface area contributed by atoms with Crippen LogP contribution in [0.3, 0.4) is 0 Å². The van der Waals surface area contributed by atoms with E-state index >= 15 is 0 Å². The van der Waals surface area contributed by atoms with Gasteiger partial charge in [0, 0.05) is 20.1 Å². The Morgan fingerprint density at radius 3 is 2.62 bits per heavy atom. The van der Waals surface area contributed by atoms with Gasteiger partial charge in [-0.3, -0.25) is 0 Å². The monoisotopic (exact) mass is 220 g/mol. The molecule has 1 heterocycles. The molecule has 0 radical (unpaired) electrons. The van der Waals surface area contributed by atoms with Gasteiger partial charge in [0.05, 0.1) is 5.69 Å². The summed E-state index contributed by atoms with van der Waals surface area (Å²) in [6.45, 7) is 1.55. The molecule has 0 atom stereocenters. The van der Waals surface area contributed by atoms with Crippen LogP contribution in [0, 0.1) is 5.92 Å². The maximum absolute atomic E-state index is 5.49. The molecule has 0 aromatic carbocycles. The van der Waals surface area contributed by atoms with Gasteiger partial charge in [0.2, 0.25) is 0 Å². The largest absolute Gasteiger partial charge is 0.358 e. The van der Waals surface area contributed by atoms with Crippen LogP contribution < -0.4 is 10.6 Å². The number of nitrogens with zero attached hydrogens (tertiary/aromatic N) is 3. The minimum Gasteiger partial charge on any atom is -0.358 e. The summed E-state index contributed by atoms with van der Waals surface area (Å²) in [5, 5.41) is 8.26. The van der Waals surface area contributed by atoms with Gasteiger partial charge in [-0.05, 0) is 30.9 Å². The summed E-state index contributed by atoms with van der Waals surface area (Å²) in [5.74, 6) is 1.78. The van der Waals surface area contributed by atoms with E-state index in [1.165, 1.54) is 25.7 Å². The fraction of sp³-hybridized carbons (Fsp3) is 0.667. The molecule has 0 amide bonds. The van der Waals surface area contributed by atoms with Crippen molar-refractivity contribution in [1.29, 1.82) is 0 Å². The molecule has 1 fully saturated rings. The molecule has 4 heteroatoms. The lowest BCUT2D eigenvalue weighted by molar-refractivity contribution is 0.544. The van der Waals surface area contributed by atoms with Crippen LogP contribution in [0.15, 0.2) is 12.1 Å². The molecule has 1 aromatic rings. The van der Waals surface area contributed by atoms with Crippen LogP contribution in [-0.4, -0.2) is 23.8 Å². The molecule has 0 saturated heterocycles. The first-order valence-corrected chi connectivity index (χ1v) is 6.03. The Labute approximate surface area is 96.9 Å². The summed E-state index contributed by atoms with van der Waals surface area (Å²) in [6, 6.07) is 3.96. The number of anilines is 1. The van der Waals surface area contributed by atoms with E-state index in [2.05, 4.69) is 22.1 Å². The molecule has 0 bridgehead atoms. The summed E-state index contributed by atoms with van der Waals surface area (Å²) >= 11 is 0. The van der Waals surface area contributed by atoms with Gasteiger partial charge >= 0.3 is 0 Å². The quantitative estimate of drug-likeness (QED) is 0.836. The van der Waals surface area contributed by atoms with Gasteiger partial charge in [0.25, 0.3) is 0 Å². The zero-order chi connectivity index (χ0) is 11.4. The van der Waals surface area contributed by atoms with Crippen molar-refractivity contribution in [2.24, 2.45) is 11.7 Å². The van der Waals surface area contributed by atoms with Gasteiger partial charge in [-0.1, -0.05) is 12.8 Å². The predicted octanol–water partition coefficient (Wildman–Crippen LogP) is 1.56. The summed E-state index contributed by atoms with van der Waals surface area (Å²) in [7, 11) is 2.09. The summed E-state index contributed by atoms with van der Waals surface area (Å²) < 4.78 is 0. The third-order valence-electron chi connectivity index (χ3n) is 3.31.